The summed E-state index contributed by atoms with van der Waals surface area (Å²) in [5, 5.41) is 13.7. The van der Waals surface area contributed by atoms with Gasteiger partial charge in [0.2, 0.25) is 17.7 Å². The topological polar surface area (TPSA) is 80.0 Å². The summed E-state index contributed by atoms with van der Waals surface area (Å²) in [5.41, 5.74) is 0. The Morgan fingerprint density at radius 3 is 2.94 bits per heavy atom. The fourth-order valence-corrected chi connectivity index (χ4v) is 1.51. The average molecular weight is 238 g/mol. The quantitative estimate of drug-likeness (QED) is 0.677. The molecule has 1 amide bonds. The summed E-state index contributed by atoms with van der Waals surface area (Å²) in [5.74, 6) is 1.32. The van der Waals surface area contributed by atoms with Crippen LogP contribution in [0.15, 0.2) is 4.42 Å². The second-order valence-corrected chi connectivity index (χ2v) is 4.34. The third-order valence-electron chi connectivity index (χ3n) is 2.54. The standard InChI is InChI=1S/C11H18N4O2/c1-8-14-15-11(17-8)7-12-6-2-3-10(16)13-9-4-5-9/h9,12H,2-7H2,1H3,(H,13,16). The predicted octanol–water partition coefficient (Wildman–Crippen LogP) is 0.526. The van der Waals surface area contributed by atoms with Crippen LogP contribution in [0.2, 0.25) is 0 Å². The highest BCUT2D eigenvalue weighted by atomic mass is 16.4. The van der Waals surface area contributed by atoms with Gasteiger partial charge in [-0.1, -0.05) is 0 Å². The molecule has 0 aromatic carbocycles. The van der Waals surface area contributed by atoms with Crippen molar-refractivity contribution in [3.8, 4) is 0 Å². The first-order chi connectivity index (χ1) is 8.24. The summed E-state index contributed by atoms with van der Waals surface area (Å²) in [6.45, 7) is 3.10. The van der Waals surface area contributed by atoms with E-state index < -0.39 is 0 Å². The molecule has 17 heavy (non-hydrogen) atoms. The van der Waals surface area contributed by atoms with Crippen molar-refractivity contribution in [1.82, 2.24) is 20.8 Å². The van der Waals surface area contributed by atoms with Crippen LogP contribution in [0, 0.1) is 6.92 Å². The Bertz CT molecular complexity index is 373. The lowest BCUT2D eigenvalue weighted by Crippen LogP contribution is -2.26. The van der Waals surface area contributed by atoms with Crippen molar-refractivity contribution >= 4 is 5.91 Å². The first-order valence-corrected chi connectivity index (χ1v) is 6.03. The maximum Gasteiger partial charge on any atom is 0.230 e. The van der Waals surface area contributed by atoms with E-state index in [9.17, 15) is 4.79 Å². The van der Waals surface area contributed by atoms with E-state index in [2.05, 4.69) is 20.8 Å². The summed E-state index contributed by atoms with van der Waals surface area (Å²) in [6, 6.07) is 0.455. The number of rotatable bonds is 7. The van der Waals surface area contributed by atoms with E-state index in [4.69, 9.17) is 4.42 Å². The molecule has 1 heterocycles. The molecule has 0 radical (unpaired) electrons. The molecule has 0 atom stereocenters. The number of hydrogen-bond acceptors (Lipinski definition) is 5. The fourth-order valence-electron chi connectivity index (χ4n) is 1.51. The van der Waals surface area contributed by atoms with Crippen LogP contribution < -0.4 is 10.6 Å². The van der Waals surface area contributed by atoms with Crippen LogP contribution in [-0.2, 0) is 11.3 Å². The Kier molecular flexibility index (Phi) is 4.08. The minimum Gasteiger partial charge on any atom is -0.424 e. The van der Waals surface area contributed by atoms with Gasteiger partial charge in [0.15, 0.2) is 0 Å². The molecule has 1 aromatic rings. The predicted molar refractivity (Wildman–Crippen MR) is 61.1 cm³/mol. The molecule has 0 saturated heterocycles. The Morgan fingerprint density at radius 1 is 1.47 bits per heavy atom. The Hall–Kier alpha value is -1.43. The molecule has 6 heteroatoms. The Labute approximate surface area is 100 Å². The van der Waals surface area contributed by atoms with Gasteiger partial charge in [0.25, 0.3) is 0 Å². The van der Waals surface area contributed by atoms with Gasteiger partial charge < -0.3 is 15.1 Å². The molecule has 1 aromatic heterocycles. The summed E-state index contributed by atoms with van der Waals surface area (Å²) >= 11 is 0. The van der Waals surface area contributed by atoms with Crippen molar-refractivity contribution in [3.05, 3.63) is 11.8 Å². The molecule has 94 valence electrons. The van der Waals surface area contributed by atoms with Crippen LogP contribution >= 0.6 is 0 Å². The van der Waals surface area contributed by atoms with E-state index in [-0.39, 0.29) is 5.91 Å². The van der Waals surface area contributed by atoms with Gasteiger partial charge in [0.1, 0.15) is 0 Å². The van der Waals surface area contributed by atoms with Crippen molar-refractivity contribution in [3.63, 3.8) is 0 Å². The summed E-state index contributed by atoms with van der Waals surface area (Å²) < 4.78 is 5.21. The zero-order valence-electron chi connectivity index (χ0n) is 10.0. The average Bonchev–Trinajstić information content (AvgIpc) is 3.00. The van der Waals surface area contributed by atoms with Crippen LogP contribution in [-0.4, -0.2) is 28.7 Å². The second kappa shape index (κ2) is 5.77. The van der Waals surface area contributed by atoms with Gasteiger partial charge in [-0.15, -0.1) is 10.2 Å². The molecule has 1 aliphatic carbocycles. The second-order valence-electron chi connectivity index (χ2n) is 4.34. The van der Waals surface area contributed by atoms with E-state index in [1.807, 2.05) is 0 Å². The number of carbonyl (C=O) groups is 1. The largest absolute Gasteiger partial charge is 0.424 e. The molecular formula is C11H18N4O2. The molecule has 2 rings (SSSR count). The summed E-state index contributed by atoms with van der Waals surface area (Å²) in [4.78, 5) is 11.4. The lowest BCUT2D eigenvalue weighted by molar-refractivity contribution is -0.121. The van der Waals surface area contributed by atoms with Gasteiger partial charge in [-0.2, -0.15) is 0 Å². The number of nitrogens with one attached hydrogen (secondary N) is 2. The van der Waals surface area contributed by atoms with Crippen LogP contribution in [0.5, 0.6) is 0 Å². The number of nitrogens with zero attached hydrogens (tertiary/aromatic N) is 2. The van der Waals surface area contributed by atoms with Crippen LogP contribution in [0.3, 0.4) is 0 Å². The van der Waals surface area contributed by atoms with Gasteiger partial charge in [0, 0.05) is 19.4 Å². The van der Waals surface area contributed by atoms with Crippen molar-refractivity contribution in [1.29, 1.82) is 0 Å². The van der Waals surface area contributed by atoms with Gasteiger partial charge in [-0.3, -0.25) is 4.79 Å². The minimum atomic E-state index is 0.155. The van der Waals surface area contributed by atoms with E-state index >= 15 is 0 Å². The third kappa shape index (κ3) is 4.52. The van der Waals surface area contributed by atoms with E-state index in [1.54, 1.807) is 6.92 Å². The number of amides is 1. The molecule has 1 fully saturated rings. The SMILES string of the molecule is Cc1nnc(CNCCCC(=O)NC2CC2)o1. The van der Waals surface area contributed by atoms with Crippen molar-refractivity contribution in [2.75, 3.05) is 6.54 Å². The first-order valence-electron chi connectivity index (χ1n) is 6.03. The van der Waals surface area contributed by atoms with Crippen molar-refractivity contribution < 1.29 is 9.21 Å². The molecule has 1 saturated carbocycles. The van der Waals surface area contributed by atoms with E-state index in [1.165, 1.54) is 0 Å². The lowest BCUT2D eigenvalue weighted by Gasteiger charge is -2.03. The normalized spacial score (nSPS) is 14.9. The van der Waals surface area contributed by atoms with Crippen LogP contribution in [0.1, 0.15) is 37.5 Å². The highest BCUT2D eigenvalue weighted by Crippen LogP contribution is 2.18. The van der Waals surface area contributed by atoms with Crippen molar-refractivity contribution in [2.24, 2.45) is 0 Å². The lowest BCUT2D eigenvalue weighted by atomic mass is 10.3. The first kappa shape index (κ1) is 12.0. The molecule has 0 bridgehead atoms. The smallest absolute Gasteiger partial charge is 0.230 e. The maximum atomic E-state index is 11.4. The number of aryl methyl sites for hydroxylation is 1. The van der Waals surface area contributed by atoms with Crippen LogP contribution in [0.25, 0.3) is 0 Å². The zero-order valence-corrected chi connectivity index (χ0v) is 10.0. The van der Waals surface area contributed by atoms with Gasteiger partial charge in [-0.05, 0) is 25.8 Å². The van der Waals surface area contributed by atoms with E-state index in [0.717, 1.165) is 25.8 Å². The summed E-state index contributed by atoms with van der Waals surface area (Å²) in [7, 11) is 0. The number of carbonyl (C=O) groups excluding carboxylic acids is 1. The number of hydrogen-bond donors (Lipinski definition) is 2. The molecule has 0 aliphatic heterocycles. The Balaban J connectivity index is 1.49. The molecule has 1 aliphatic rings. The van der Waals surface area contributed by atoms with Gasteiger partial charge in [-0.25, -0.2) is 0 Å². The molecule has 6 nitrogen and oxygen atoms in total. The maximum absolute atomic E-state index is 11.4. The Morgan fingerprint density at radius 2 is 2.29 bits per heavy atom. The molecule has 0 unspecified atom stereocenters. The number of aromatic nitrogens is 2. The highest BCUT2D eigenvalue weighted by molar-refractivity contribution is 5.76. The minimum absolute atomic E-state index is 0.155. The summed E-state index contributed by atoms with van der Waals surface area (Å²) in [6.07, 6.45) is 3.68. The van der Waals surface area contributed by atoms with Gasteiger partial charge >= 0.3 is 0 Å². The highest BCUT2D eigenvalue weighted by Gasteiger charge is 2.22. The molecular weight excluding hydrogens is 220 g/mol. The van der Waals surface area contributed by atoms with Gasteiger partial charge in [0.05, 0.1) is 6.54 Å². The monoisotopic (exact) mass is 238 g/mol. The molecule has 2 N–H and O–H groups in total. The van der Waals surface area contributed by atoms with E-state index in [0.29, 0.717) is 30.8 Å². The van der Waals surface area contributed by atoms with Crippen molar-refractivity contribution in [2.45, 2.75) is 45.2 Å². The zero-order chi connectivity index (χ0) is 12.1. The fraction of sp³-hybridized carbons (Fsp3) is 0.727. The van der Waals surface area contributed by atoms with Crippen LogP contribution in [0.4, 0.5) is 0 Å². The molecule has 0 spiro atoms. The third-order valence-corrected chi connectivity index (χ3v) is 2.54.